The van der Waals surface area contributed by atoms with Crippen molar-refractivity contribution in [3.8, 4) is 0 Å². The minimum absolute atomic E-state index is 0.0200. The summed E-state index contributed by atoms with van der Waals surface area (Å²) in [4.78, 5) is 0. The number of hydrogen-bond donors (Lipinski definition) is 9. The molecule has 2 heterocycles. The number of aliphatic hydroxyl groups is 9. The molecule has 2 saturated heterocycles. The summed E-state index contributed by atoms with van der Waals surface area (Å²) in [6, 6.07) is 0. The van der Waals surface area contributed by atoms with E-state index in [1.807, 2.05) is 13.0 Å². The lowest BCUT2D eigenvalue weighted by molar-refractivity contribution is -0.285. The molecule has 9 N–H and O–H groups in total. The van der Waals surface area contributed by atoms with E-state index in [0.717, 1.165) is 11.1 Å². The van der Waals surface area contributed by atoms with Crippen molar-refractivity contribution in [1.29, 1.82) is 0 Å². The molecule has 0 spiro atoms. The van der Waals surface area contributed by atoms with Gasteiger partial charge in [-0.3, -0.25) is 0 Å². The zero-order valence-corrected chi connectivity index (χ0v) is 31.7. The smallest absolute Gasteiger partial charge is 0.187 e. The van der Waals surface area contributed by atoms with Crippen LogP contribution in [0.1, 0.15) is 72.6 Å². The molecule has 0 aromatic carbocycles. The molecule has 4 aliphatic carbocycles. The van der Waals surface area contributed by atoms with Gasteiger partial charge < -0.3 is 69.6 Å². The third-order valence-electron chi connectivity index (χ3n) is 14.5. The lowest BCUT2D eigenvalue weighted by Crippen LogP contribution is -2.66. The highest BCUT2D eigenvalue weighted by molar-refractivity contribution is 5.33. The Morgan fingerprint density at radius 1 is 0.887 bits per heavy atom. The summed E-state index contributed by atoms with van der Waals surface area (Å²) >= 11 is 0. The summed E-state index contributed by atoms with van der Waals surface area (Å²) < 4.78 is 28.4. The van der Waals surface area contributed by atoms with Crippen LogP contribution in [0.15, 0.2) is 23.8 Å². The molecular formula is C39H64O14. The summed E-state index contributed by atoms with van der Waals surface area (Å²) in [6.45, 7) is 12.4. The highest BCUT2D eigenvalue weighted by Crippen LogP contribution is 2.69. The second kappa shape index (κ2) is 15.7. The van der Waals surface area contributed by atoms with Crippen molar-refractivity contribution in [3.63, 3.8) is 0 Å². The maximum absolute atomic E-state index is 12.8. The third-order valence-corrected chi connectivity index (χ3v) is 14.5. The molecule has 14 heteroatoms. The fourth-order valence-electron chi connectivity index (χ4n) is 11.5. The van der Waals surface area contributed by atoms with Crippen LogP contribution < -0.4 is 0 Å². The van der Waals surface area contributed by atoms with Crippen LogP contribution in [0.5, 0.6) is 0 Å². The zero-order chi connectivity index (χ0) is 38.8. The Bertz CT molecular complexity index is 1330. The molecule has 6 aliphatic rings. The van der Waals surface area contributed by atoms with E-state index < -0.39 is 96.0 Å². The van der Waals surface area contributed by atoms with Crippen LogP contribution in [0.25, 0.3) is 0 Å². The van der Waals surface area contributed by atoms with Gasteiger partial charge in [-0.2, -0.15) is 0 Å². The average molecular weight is 757 g/mol. The van der Waals surface area contributed by atoms with Crippen LogP contribution in [0, 0.1) is 40.4 Å². The molecule has 0 amide bonds. The molecule has 0 aromatic heterocycles. The monoisotopic (exact) mass is 756 g/mol. The molecule has 14 nitrogen and oxygen atoms in total. The van der Waals surface area contributed by atoms with E-state index in [4.69, 9.17) is 23.7 Å². The maximum atomic E-state index is 12.8. The van der Waals surface area contributed by atoms with Gasteiger partial charge in [-0.15, -0.1) is 0 Å². The molecule has 3 saturated carbocycles. The second-order valence-electron chi connectivity index (χ2n) is 17.7. The minimum Gasteiger partial charge on any atom is -0.390 e. The van der Waals surface area contributed by atoms with Crippen LogP contribution in [0.2, 0.25) is 0 Å². The molecule has 5 fully saturated rings. The number of rotatable bonds is 11. The Morgan fingerprint density at radius 3 is 2.23 bits per heavy atom. The molecular weight excluding hydrogens is 692 g/mol. The van der Waals surface area contributed by atoms with Gasteiger partial charge in [0.2, 0.25) is 0 Å². The lowest BCUT2D eigenvalue weighted by Gasteiger charge is -2.64. The number of hydrogen-bond acceptors (Lipinski definition) is 14. The van der Waals surface area contributed by atoms with E-state index in [1.165, 1.54) is 7.11 Å². The second-order valence-corrected chi connectivity index (χ2v) is 17.7. The van der Waals surface area contributed by atoms with Gasteiger partial charge in [0.25, 0.3) is 0 Å². The van der Waals surface area contributed by atoms with Crippen molar-refractivity contribution in [2.75, 3.05) is 26.9 Å². The number of methoxy groups -OCH3 is 1. The molecule has 0 aromatic rings. The standard InChI is InChI=1S/C39H64O14/c1-18(20(3)15-50-35-32(47)28(43)24(41)16-51-35)7-8-19(2)27-30(45)31(46)34-38(27,5)12-10-26-37(4)11-9-21(13-22(37)23(40)14-39(26,34)48)53-36-33(49-6)29(44)25(42)17-52-36/h13,19-21,23-36,40-48H,1,7-12,14-17H2,2-6H3. The summed E-state index contributed by atoms with van der Waals surface area (Å²) in [6.07, 6.45) is -6.95. The van der Waals surface area contributed by atoms with Gasteiger partial charge in [-0.25, -0.2) is 0 Å². The Hall–Kier alpha value is -1.08. The van der Waals surface area contributed by atoms with Gasteiger partial charge in [-0.1, -0.05) is 45.9 Å². The van der Waals surface area contributed by atoms with Crippen molar-refractivity contribution in [1.82, 2.24) is 0 Å². The van der Waals surface area contributed by atoms with E-state index in [-0.39, 0.29) is 49.9 Å². The van der Waals surface area contributed by atoms with Gasteiger partial charge >= 0.3 is 0 Å². The number of fused-ring (bicyclic) bond motifs is 5. The summed E-state index contributed by atoms with van der Waals surface area (Å²) in [5.41, 5.74) is -0.928. The number of ether oxygens (including phenoxy) is 5. The Labute approximate surface area is 312 Å². The normalized spacial score (nSPS) is 51.1. The first-order valence-corrected chi connectivity index (χ1v) is 19.5. The molecule has 20 atom stereocenters. The maximum Gasteiger partial charge on any atom is 0.187 e. The predicted molar refractivity (Wildman–Crippen MR) is 189 cm³/mol. The van der Waals surface area contributed by atoms with Crippen molar-refractivity contribution in [2.24, 2.45) is 40.4 Å². The van der Waals surface area contributed by atoms with Gasteiger partial charge in [0, 0.05) is 25.4 Å². The molecule has 0 radical (unpaired) electrons. The SMILES string of the molecule is C=C(CCC(C)C1C(O)C(O)C2C1(C)CCC1C3(C)CCC(OC4OCC(O)C(O)C4OC)C=C3C(O)CC12O)C(C)COC1OCC(O)C(O)C1O. The first-order valence-electron chi connectivity index (χ1n) is 19.5. The van der Waals surface area contributed by atoms with Crippen LogP contribution in [0.3, 0.4) is 0 Å². The van der Waals surface area contributed by atoms with E-state index in [9.17, 15) is 46.0 Å². The molecule has 0 bridgehead atoms. The fraction of sp³-hybridized carbons (Fsp3) is 0.897. The molecule has 2 aliphatic heterocycles. The van der Waals surface area contributed by atoms with Gasteiger partial charge in [0.05, 0.1) is 49.8 Å². The van der Waals surface area contributed by atoms with Gasteiger partial charge in [0.15, 0.2) is 12.6 Å². The molecule has 20 unspecified atom stereocenters. The van der Waals surface area contributed by atoms with Gasteiger partial charge in [0.1, 0.15) is 36.6 Å². The van der Waals surface area contributed by atoms with Crippen LogP contribution >= 0.6 is 0 Å². The Morgan fingerprint density at radius 2 is 1.55 bits per heavy atom. The predicted octanol–water partition coefficient (Wildman–Crippen LogP) is 0.135. The van der Waals surface area contributed by atoms with Crippen LogP contribution in [0.4, 0.5) is 0 Å². The quantitative estimate of drug-likeness (QED) is 0.128. The lowest BCUT2D eigenvalue weighted by atomic mass is 9.43. The van der Waals surface area contributed by atoms with E-state index >= 15 is 0 Å². The van der Waals surface area contributed by atoms with Crippen molar-refractivity contribution in [3.05, 3.63) is 23.8 Å². The molecule has 304 valence electrons. The Kier molecular flexibility index (Phi) is 12.3. The highest BCUT2D eigenvalue weighted by atomic mass is 16.7. The van der Waals surface area contributed by atoms with E-state index in [1.54, 1.807) is 0 Å². The minimum atomic E-state index is -1.43. The molecule has 53 heavy (non-hydrogen) atoms. The fourth-order valence-corrected chi connectivity index (χ4v) is 11.5. The summed E-state index contributed by atoms with van der Waals surface area (Å²) in [7, 11) is 1.42. The third kappa shape index (κ3) is 7.22. The van der Waals surface area contributed by atoms with E-state index in [0.29, 0.717) is 38.5 Å². The van der Waals surface area contributed by atoms with Gasteiger partial charge in [-0.05, 0) is 72.7 Å². The summed E-state index contributed by atoms with van der Waals surface area (Å²) in [5.74, 6) is -1.38. The first-order chi connectivity index (χ1) is 24.9. The molecule has 6 rings (SSSR count). The van der Waals surface area contributed by atoms with Crippen molar-refractivity contribution < 1.29 is 69.6 Å². The highest BCUT2D eigenvalue weighted by Gasteiger charge is 2.72. The van der Waals surface area contributed by atoms with Crippen LogP contribution in [-0.2, 0) is 23.7 Å². The topological polar surface area (TPSA) is 228 Å². The summed E-state index contributed by atoms with van der Waals surface area (Å²) in [5, 5.41) is 98.3. The first kappa shape index (κ1) is 41.6. The Balaban J connectivity index is 1.11. The number of aliphatic hydroxyl groups excluding tert-OH is 8. The average Bonchev–Trinajstić information content (AvgIpc) is 3.32. The largest absolute Gasteiger partial charge is 0.390 e. The zero-order valence-electron chi connectivity index (χ0n) is 31.7. The van der Waals surface area contributed by atoms with E-state index in [2.05, 4.69) is 27.4 Å². The van der Waals surface area contributed by atoms with Crippen molar-refractivity contribution >= 4 is 0 Å². The van der Waals surface area contributed by atoms with Crippen molar-refractivity contribution in [2.45, 2.75) is 152 Å². The van der Waals surface area contributed by atoms with Crippen LogP contribution in [-0.4, -0.2) is 152 Å².